The molecule has 0 atom stereocenters. The Balaban J connectivity index is 1.39. The highest BCUT2D eigenvalue weighted by molar-refractivity contribution is 7.89. The highest BCUT2D eigenvalue weighted by Gasteiger charge is 2.39. The van der Waals surface area contributed by atoms with Crippen LogP contribution >= 0.6 is 0 Å². The van der Waals surface area contributed by atoms with E-state index in [0.29, 0.717) is 15.9 Å². The van der Waals surface area contributed by atoms with Crippen molar-refractivity contribution in [2.24, 2.45) is 7.05 Å². The molecule has 10 nitrogen and oxygen atoms in total. The Bertz CT molecular complexity index is 1380. The van der Waals surface area contributed by atoms with Crippen LogP contribution in [0.4, 0.5) is 13.2 Å². The number of piperazine rings is 1. The summed E-state index contributed by atoms with van der Waals surface area (Å²) in [5, 5.41) is 7.78. The summed E-state index contributed by atoms with van der Waals surface area (Å²) in [6.07, 6.45) is -0.752. The lowest BCUT2D eigenvalue weighted by molar-refractivity contribution is -0.142. The molecule has 3 aromatic heterocycles. The second-order valence-electron chi connectivity index (χ2n) is 8.55. The summed E-state index contributed by atoms with van der Waals surface area (Å²) >= 11 is 0. The van der Waals surface area contributed by atoms with Gasteiger partial charge in [-0.25, -0.2) is 17.9 Å². The van der Waals surface area contributed by atoms with Crippen LogP contribution in [0.2, 0.25) is 0 Å². The Kier molecular flexibility index (Phi) is 5.20. The molecule has 4 heterocycles. The molecular formula is C20H22F3N7O3S. The van der Waals surface area contributed by atoms with Crippen LogP contribution in [0.3, 0.4) is 0 Å². The molecule has 5 rings (SSSR count). The van der Waals surface area contributed by atoms with Gasteiger partial charge in [-0.2, -0.15) is 27.7 Å². The summed E-state index contributed by atoms with van der Waals surface area (Å²) in [6.45, 7) is 1.93. The molecule has 182 valence electrons. The van der Waals surface area contributed by atoms with Gasteiger partial charge in [0.25, 0.3) is 5.91 Å². The molecule has 1 saturated heterocycles. The second-order valence-corrected chi connectivity index (χ2v) is 10.5. The second kappa shape index (κ2) is 7.77. The highest BCUT2D eigenvalue weighted by atomic mass is 32.2. The molecule has 0 bridgehead atoms. The van der Waals surface area contributed by atoms with Gasteiger partial charge >= 0.3 is 6.18 Å². The zero-order valence-corrected chi connectivity index (χ0v) is 19.3. The molecule has 3 aromatic rings. The molecule has 2 fully saturated rings. The molecule has 2 aliphatic rings. The van der Waals surface area contributed by atoms with E-state index in [-0.39, 0.29) is 48.2 Å². The molecule has 1 saturated carbocycles. The molecule has 0 radical (unpaired) electrons. The number of sulfonamides is 1. The number of aromatic nitrogens is 5. The van der Waals surface area contributed by atoms with E-state index in [0.717, 1.165) is 25.1 Å². The van der Waals surface area contributed by atoms with Crippen molar-refractivity contribution < 1.29 is 26.4 Å². The Hall–Kier alpha value is -3.00. The van der Waals surface area contributed by atoms with Crippen molar-refractivity contribution in [3.8, 4) is 0 Å². The number of nitrogens with zero attached hydrogens (tertiary/aromatic N) is 7. The van der Waals surface area contributed by atoms with Crippen molar-refractivity contribution in [3.05, 3.63) is 41.1 Å². The van der Waals surface area contributed by atoms with E-state index < -0.39 is 27.8 Å². The number of carbonyl (C=O) groups is 1. The summed E-state index contributed by atoms with van der Waals surface area (Å²) in [7, 11) is -2.13. The maximum absolute atomic E-state index is 13.6. The molecule has 1 aliphatic heterocycles. The van der Waals surface area contributed by atoms with Gasteiger partial charge in [0.05, 0.1) is 18.1 Å². The first kappa shape index (κ1) is 22.8. The average molecular weight is 498 g/mol. The van der Waals surface area contributed by atoms with Gasteiger partial charge in [0.15, 0.2) is 5.65 Å². The lowest BCUT2D eigenvalue weighted by Gasteiger charge is -2.33. The SMILES string of the molecule is Cc1c(S(=O)(=O)N2CCN(C(=O)c3cnn4c(C(F)(F)F)cc(C5CC5)nc34)CC2)cnn1C. The Morgan fingerprint density at radius 1 is 1.09 bits per heavy atom. The first-order chi connectivity index (χ1) is 16.0. The van der Waals surface area contributed by atoms with E-state index in [1.165, 1.54) is 20.1 Å². The summed E-state index contributed by atoms with van der Waals surface area (Å²) in [6, 6.07) is 0.996. The van der Waals surface area contributed by atoms with Gasteiger partial charge in [0, 0.05) is 44.8 Å². The summed E-state index contributed by atoms with van der Waals surface area (Å²) < 4.78 is 70.2. The van der Waals surface area contributed by atoms with Gasteiger partial charge in [0.1, 0.15) is 16.2 Å². The minimum atomic E-state index is -4.65. The largest absolute Gasteiger partial charge is 0.433 e. The molecule has 14 heteroatoms. The van der Waals surface area contributed by atoms with E-state index in [9.17, 15) is 26.4 Å². The zero-order valence-electron chi connectivity index (χ0n) is 18.4. The van der Waals surface area contributed by atoms with Crippen LogP contribution in [0.5, 0.6) is 0 Å². The van der Waals surface area contributed by atoms with Crippen LogP contribution in [0, 0.1) is 6.92 Å². The summed E-state index contributed by atoms with van der Waals surface area (Å²) in [5.41, 5.74) is -0.337. The fourth-order valence-corrected chi connectivity index (χ4v) is 5.70. The van der Waals surface area contributed by atoms with Crippen LogP contribution in [-0.2, 0) is 23.2 Å². The standard InChI is InChI=1S/C20H22F3N7O3S/c1-12-16(11-24-27(12)2)34(32,33)29-7-5-28(6-8-29)19(31)14-10-25-30-17(20(21,22)23)9-15(13-3-4-13)26-18(14)30/h9-11,13H,3-8H2,1-2H3. The lowest BCUT2D eigenvalue weighted by Crippen LogP contribution is -2.50. The van der Waals surface area contributed by atoms with Crippen molar-refractivity contribution >= 4 is 21.6 Å². The van der Waals surface area contributed by atoms with Crippen molar-refractivity contribution in [3.63, 3.8) is 0 Å². The van der Waals surface area contributed by atoms with Crippen LogP contribution < -0.4 is 0 Å². The third-order valence-electron chi connectivity index (χ3n) is 6.34. The average Bonchev–Trinajstić information content (AvgIpc) is 3.47. The number of alkyl halides is 3. The Labute approximate surface area is 193 Å². The number of carbonyl (C=O) groups excluding carboxylic acids is 1. The van der Waals surface area contributed by atoms with Crippen molar-refractivity contribution in [2.75, 3.05) is 26.2 Å². The van der Waals surface area contributed by atoms with Crippen LogP contribution in [0.25, 0.3) is 5.65 Å². The minimum Gasteiger partial charge on any atom is -0.336 e. The van der Waals surface area contributed by atoms with Gasteiger partial charge in [-0.3, -0.25) is 9.48 Å². The first-order valence-electron chi connectivity index (χ1n) is 10.7. The molecule has 1 amide bonds. The monoisotopic (exact) mass is 497 g/mol. The van der Waals surface area contributed by atoms with Crippen molar-refractivity contribution in [2.45, 2.75) is 36.8 Å². The lowest BCUT2D eigenvalue weighted by atomic mass is 10.2. The van der Waals surface area contributed by atoms with Crippen molar-refractivity contribution in [1.82, 2.24) is 33.6 Å². The Morgan fingerprint density at radius 2 is 1.76 bits per heavy atom. The number of rotatable bonds is 4. The smallest absolute Gasteiger partial charge is 0.336 e. The van der Waals surface area contributed by atoms with Gasteiger partial charge in [-0.15, -0.1) is 0 Å². The van der Waals surface area contributed by atoms with Gasteiger partial charge in [-0.1, -0.05) is 0 Å². The van der Waals surface area contributed by atoms with Gasteiger partial charge in [0.2, 0.25) is 10.0 Å². The predicted octanol–water partition coefficient (Wildman–Crippen LogP) is 1.81. The minimum absolute atomic E-state index is 0.0348. The first-order valence-corrected chi connectivity index (χ1v) is 12.2. The summed E-state index contributed by atoms with van der Waals surface area (Å²) in [5.74, 6) is -0.577. The highest BCUT2D eigenvalue weighted by Crippen LogP contribution is 2.41. The molecular weight excluding hydrogens is 475 g/mol. The van der Waals surface area contributed by atoms with Crippen LogP contribution in [0.15, 0.2) is 23.4 Å². The number of fused-ring (bicyclic) bond motifs is 1. The van der Waals surface area contributed by atoms with E-state index >= 15 is 0 Å². The molecule has 1 aliphatic carbocycles. The maximum Gasteiger partial charge on any atom is 0.433 e. The van der Waals surface area contributed by atoms with Crippen LogP contribution in [-0.4, -0.2) is 74.1 Å². The molecule has 0 aromatic carbocycles. The van der Waals surface area contributed by atoms with E-state index in [2.05, 4.69) is 15.2 Å². The van der Waals surface area contributed by atoms with Gasteiger partial charge in [-0.05, 0) is 25.8 Å². The van der Waals surface area contributed by atoms with E-state index in [4.69, 9.17) is 0 Å². The van der Waals surface area contributed by atoms with Gasteiger partial charge < -0.3 is 4.90 Å². The Morgan fingerprint density at radius 3 is 2.32 bits per heavy atom. The molecule has 0 unspecified atom stereocenters. The fourth-order valence-electron chi connectivity index (χ4n) is 4.10. The fraction of sp³-hybridized carbons (Fsp3) is 0.500. The van der Waals surface area contributed by atoms with E-state index in [1.54, 1.807) is 14.0 Å². The molecule has 34 heavy (non-hydrogen) atoms. The zero-order chi connectivity index (χ0) is 24.4. The normalized spacial score (nSPS) is 18.1. The number of amides is 1. The van der Waals surface area contributed by atoms with E-state index in [1.807, 2.05) is 0 Å². The van der Waals surface area contributed by atoms with Crippen molar-refractivity contribution in [1.29, 1.82) is 0 Å². The third kappa shape index (κ3) is 3.74. The topological polar surface area (TPSA) is 106 Å². The third-order valence-corrected chi connectivity index (χ3v) is 8.34. The molecule has 0 spiro atoms. The van der Waals surface area contributed by atoms with Crippen LogP contribution in [0.1, 0.15) is 46.2 Å². The predicted molar refractivity (Wildman–Crippen MR) is 113 cm³/mol. The molecule has 0 N–H and O–H groups in total. The number of hydrogen-bond donors (Lipinski definition) is 0. The number of aryl methyl sites for hydroxylation is 1. The number of halogens is 3. The summed E-state index contributed by atoms with van der Waals surface area (Å²) in [4.78, 5) is 19.0. The quantitative estimate of drug-likeness (QED) is 0.545. The number of hydrogen-bond acceptors (Lipinski definition) is 6. The maximum atomic E-state index is 13.6.